The number of rotatable bonds is 2. The van der Waals surface area contributed by atoms with Gasteiger partial charge in [0.05, 0.1) is 5.39 Å². The fourth-order valence-corrected chi connectivity index (χ4v) is 2.88. The number of hydrogen-bond donors (Lipinski definition) is 0. The van der Waals surface area contributed by atoms with Crippen LogP contribution >= 0.6 is 15.9 Å². The minimum atomic E-state index is -0.318. The Bertz CT molecular complexity index is 895. The number of halogens is 2. The first kappa shape index (κ1) is 15.0. The van der Waals surface area contributed by atoms with Gasteiger partial charge in [-0.2, -0.15) is 0 Å². The summed E-state index contributed by atoms with van der Waals surface area (Å²) < 4.78 is 19.9. The molecule has 0 aliphatic rings. The normalized spacial score (nSPS) is 11.3. The van der Waals surface area contributed by atoms with Crippen molar-refractivity contribution < 1.29 is 8.81 Å². The second kappa shape index (κ2) is 5.69. The van der Waals surface area contributed by atoms with Gasteiger partial charge < -0.3 is 4.42 Å². The Morgan fingerprint density at radius 2 is 1.77 bits per heavy atom. The molecule has 0 aliphatic heterocycles. The Morgan fingerprint density at radius 1 is 1.09 bits per heavy atom. The molecule has 2 aromatic carbocycles. The summed E-state index contributed by atoms with van der Waals surface area (Å²) in [5.74, 6) is 0.191. The molecule has 0 saturated carbocycles. The van der Waals surface area contributed by atoms with E-state index in [1.165, 1.54) is 12.1 Å². The van der Waals surface area contributed by atoms with E-state index in [0.29, 0.717) is 27.9 Å². The van der Waals surface area contributed by atoms with Gasteiger partial charge in [0, 0.05) is 15.6 Å². The number of hydrogen-bond acceptors (Lipinski definition) is 2. The maximum atomic E-state index is 13.1. The van der Waals surface area contributed by atoms with Crippen LogP contribution in [0.25, 0.3) is 22.3 Å². The predicted molar refractivity (Wildman–Crippen MR) is 89.7 cm³/mol. The summed E-state index contributed by atoms with van der Waals surface area (Å²) in [5, 5.41) is 0.545. The van der Waals surface area contributed by atoms with Crippen LogP contribution < -0.4 is 5.43 Å². The average Bonchev–Trinajstić information content (AvgIpc) is 2.48. The molecule has 0 saturated heterocycles. The third-order valence-corrected chi connectivity index (χ3v) is 4.06. The number of benzene rings is 2. The molecule has 0 bridgehead atoms. The van der Waals surface area contributed by atoms with Crippen LogP contribution in [0.3, 0.4) is 0 Å². The summed E-state index contributed by atoms with van der Waals surface area (Å²) in [5.41, 5.74) is 1.79. The van der Waals surface area contributed by atoms with Crippen LogP contribution in [0.5, 0.6) is 0 Å². The van der Waals surface area contributed by atoms with Gasteiger partial charge in [-0.3, -0.25) is 4.79 Å². The molecule has 0 atom stereocenters. The molecule has 0 radical (unpaired) electrons. The molecule has 0 amide bonds. The first-order valence-corrected chi connectivity index (χ1v) is 7.79. The highest BCUT2D eigenvalue weighted by molar-refractivity contribution is 9.10. The summed E-state index contributed by atoms with van der Waals surface area (Å²) in [6, 6.07) is 11.3. The van der Waals surface area contributed by atoms with Crippen molar-refractivity contribution in [2.24, 2.45) is 0 Å². The molecule has 2 nitrogen and oxygen atoms in total. The quantitative estimate of drug-likeness (QED) is 0.605. The zero-order chi connectivity index (χ0) is 15.9. The molecule has 3 rings (SSSR count). The molecule has 4 heteroatoms. The van der Waals surface area contributed by atoms with E-state index in [4.69, 9.17) is 4.42 Å². The molecule has 1 aromatic heterocycles. The summed E-state index contributed by atoms with van der Waals surface area (Å²) >= 11 is 3.38. The number of fused-ring (bicyclic) bond motifs is 1. The van der Waals surface area contributed by atoms with Gasteiger partial charge in [0.2, 0.25) is 0 Å². The third kappa shape index (κ3) is 2.59. The van der Waals surface area contributed by atoms with Gasteiger partial charge in [-0.05, 0) is 48.4 Å². The van der Waals surface area contributed by atoms with Crippen molar-refractivity contribution in [1.29, 1.82) is 0 Å². The lowest BCUT2D eigenvalue weighted by molar-refractivity contribution is 0.601. The maximum absolute atomic E-state index is 13.1. The standard InChI is InChI=1S/C18H14BrFO2/c1-10(2)16-17(21)14-9-12(19)5-8-15(14)22-18(16)11-3-6-13(20)7-4-11/h3-10H,1-2H3. The summed E-state index contributed by atoms with van der Waals surface area (Å²) in [4.78, 5) is 12.8. The third-order valence-electron chi connectivity index (χ3n) is 3.57. The van der Waals surface area contributed by atoms with Crippen molar-refractivity contribution in [2.75, 3.05) is 0 Å². The zero-order valence-corrected chi connectivity index (χ0v) is 13.8. The Balaban J connectivity index is 2.38. The molecule has 0 spiro atoms. The first-order chi connectivity index (χ1) is 10.5. The summed E-state index contributed by atoms with van der Waals surface area (Å²) in [6.07, 6.45) is 0. The highest BCUT2D eigenvalue weighted by atomic mass is 79.9. The SMILES string of the molecule is CC(C)c1c(-c2ccc(F)cc2)oc2ccc(Br)cc2c1=O. The highest BCUT2D eigenvalue weighted by Gasteiger charge is 2.18. The minimum absolute atomic E-state index is 0.000292. The minimum Gasteiger partial charge on any atom is -0.456 e. The Morgan fingerprint density at radius 3 is 2.41 bits per heavy atom. The van der Waals surface area contributed by atoms with Crippen molar-refractivity contribution in [3.05, 3.63) is 68.5 Å². The molecule has 112 valence electrons. The van der Waals surface area contributed by atoms with Crippen LogP contribution in [0.2, 0.25) is 0 Å². The van der Waals surface area contributed by atoms with Crippen molar-refractivity contribution in [3.63, 3.8) is 0 Å². The lowest BCUT2D eigenvalue weighted by Gasteiger charge is -2.13. The molecule has 0 aliphatic carbocycles. The van der Waals surface area contributed by atoms with Crippen LogP contribution in [-0.4, -0.2) is 0 Å². The predicted octanol–water partition coefficient (Wildman–Crippen LogP) is 5.49. The van der Waals surface area contributed by atoms with Gasteiger partial charge in [0.1, 0.15) is 17.2 Å². The Hall–Kier alpha value is -1.94. The lowest BCUT2D eigenvalue weighted by Crippen LogP contribution is -2.12. The monoisotopic (exact) mass is 360 g/mol. The van der Waals surface area contributed by atoms with E-state index in [-0.39, 0.29) is 17.2 Å². The Kier molecular flexibility index (Phi) is 3.87. The molecule has 1 heterocycles. The van der Waals surface area contributed by atoms with E-state index >= 15 is 0 Å². The van der Waals surface area contributed by atoms with Crippen LogP contribution in [-0.2, 0) is 0 Å². The van der Waals surface area contributed by atoms with Crippen molar-refractivity contribution >= 4 is 26.9 Å². The lowest BCUT2D eigenvalue weighted by atomic mass is 9.96. The molecular formula is C18H14BrFO2. The molecular weight excluding hydrogens is 347 g/mol. The van der Waals surface area contributed by atoms with Gasteiger partial charge in [0.25, 0.3) is 0 Å². The average molecular weight is 361 g/mol. The highest BCUT2D eigenvalue weighted by Crippen LogP contribution is 2.31. The van der Waals surface area contributed by atoms with Crippen LogP contribution in [0.15, 0.2) is 56.1 Å². The van der Waals surface area contributed by atoms with E-state index < -0.39 is 0 Å². The molecule has 0 fully saturated rings. The van der Waals surface area contributed by atoms with Crippen molar-refractivity contribution in [3.8, 4) is 11.3 Å². The molecule has 0 unspecified atom stereocenters. The molecule has 22 heavy (non-hydrogen) atoms. The topological polar surface area (TPSA) is 30.2 Å². The van der Waals surface area contributed by atoms with E-state index in [1.807, 2.05) is 19.9 Å². The van der Waals surface area contributed by atoms with Gasteiger partial charge in [-0.25, -0.2) is 4.39 Å². The Labute approximate surface area is 135 Å². The van der Waals surface area contributed by atoms with Crippen LogP contribution in [0, 0.1) is 5.82 Å². The zero-order valence-electron chi connectivity index (χ0n) is 12.2. The van der Waals surface area contributed by atoms with E-state index in [1.54, 1.807) is 24.3 Å². The molecule has 0 N–H and O–H groups in total. The van der Waals surface area contributed by atoms with Gasteiger partial charge in [-0.1, -0.05) is 29.8 Å². The van der Waals surface area contributed by atoms with Crippen molar-refractivity contribution in [2.45, 2.75) is 19.8 Å². The van der Waals surface area contributed by atoms with Gasteiger partial charge >= 0.3 is 0 Å². The van der Waals surface area contributed by atoms with Crippen molar-refractivity contribution in [1.82, 2.24) is 0 Å². The van der Waals surface area contributed by atoms with Gasteiger partial charge in [0.15, 0.2) is 5.43 Å². The summed E-state index contributed by atoms with van der Waals surface area (Å²) in [6.45, 7) is 3.90. The first-order valence-electron chi connectivity index (χ1n) is 6.99. The van der Waals surface area contributed by atoms with E-state index in [2.05, 4.69) is 15.9 Å². The van der Waals surface area contributed by atoms with Gasteiger partial charge in [-0.15, -0.1) is 0 Å². The maximum Gasteiger partial charge on any atom is 0.196 e. The fraction of sp³-hybridized carbons (Fsp3) is 0.167. The van der Waals surface area contributed by atoms with E-state index in [9.17, 15) is 9.18 Å². The van der Waals surface area contributed by atoms with Crippen LogP contribution in [0.1, 0.15) is 25.3 Å². The largest absolute Gasteiger partial charge is 0.456 e. The fourth-order valence-electron chi connectivity index (χ4n) is 2.52. The molecule has 3 aromatic rings. The summed E-state index contributed by atoms with van der Waals surface area (Å²) in [7, 11) is 0. The second-order valence-corrected chi connectivity index (χ2v) is 6.39. The second-order valence-electron chi connectivity index (χ2n) is 5.48. The van der Waals surface area contributed by atoms with E-state index in [0.717, 1.165) is 4.47 Å². The smallest absolute Gasteiger partial charge is 0.196 e. The van der Waals surface area contributed by atoms with Crippen LogP contribution in [0.4, 0.5) is 4.39 Å².